The molecule has 0 aliphatic heterocycles. The number of hydrogen-bond acceptors (Lipinski definition) is 5. The summed E-state index contributed by atoms with van der Waals surface area (Å²) >= 11 is 4.98. The fourth-order valence-electron chi connectivity index (χ4n) is 1.74. The van der Waals surface area contributed by atoms with Gasteiger partial charge in [-0.3, -0.25) is 0 Å². The Labute approximate surface area is 122 Å². The van der Waals surface area contributed by atoms with Gasteiger partial charge in [-0.15, -0.1) is 11.3 Å². The van der Waals surface area contributed by atoms with Crippen LogP contribution in [0.25, 0.3) is 22.2 Å². The summed E-state index contributed by atoms with van der Waals surface area (Å²) in [5.74, 6) is 1.08. The van der Waals surface area contributed by atoms with Crippen molar-refractivity contribution in [3.63, 3.8) is 0 Å². The molecule has 0 radical (unpaired) electrons. The predicted octanol–water partition coefficient (Wildman–Crippen LogP) is 4.12. The van der Waals surface area contributed by atoms with Crippen LogP contribution >= 0.6 is 27.3 Å². The molecule has 2 aromatic heterocycles. The van der Waals surface area contributed by atoms with Crippen LogP contribution in [0.1, 0.15) is 5.56 Å². The summed E-state index contributed by atoms with van der Waals surface area (Å²) < 4.78 is 6.36. The van der Waals surface area contributed by atoms with Gasteiger partial charge in [-0.05, 0) is 52.7 Å². The lowest BCUT2D eigenvalue weighted by molar-refractivity contribution is 0.432. The Kier molecular flexibility index (Phi) is 3.12. The fraction of sp³-hybridized carbons (Fsp3) is 0.0769. The molecule has 0 aliphatic carbocycles. The molecule has 4 nitrogen and oxygen atoms in total. The van der Waals surface area contributed by atoms with Crippen molar-refractivity contribution in [3.05, 3.63) is 39.7 Å². The minimum atomic E-state index is 0.490. The second kappa shape index (κ2) is 4.79. The third-order valence-corrected chi connectivity index (χ3v) is 4.33. The van der Waals surface area contributed by atoms with Crippen LogP contribution in [0.4, 0.5) is 5.69 Å². The number of nitrogens with two attached hydrogens (primary N) is 1. The van der Waals surface area contributed by atoms with Crippen LogP contribution in [0.5, 0.6) is 0 Å². The zero-order valence-electron chi connectivity index (χ0n) is 10.1. The number of nitrogens with zero attached hydrogens (tertiary/aromatic N) is 2. The molecule has 0 aliphatic rings. The van der Waals surface area contributed by atoms with Gasteiger partial charge in [0.05, 0.1) is 8.66 Å². The summed E-state index contributed by atoms with van der Waals surface area (Å²) in [6.07, 6.45) is 0. The van der Waals surface area contributed by atoms with E-state index in [9.17, 15) is 0 Å². The minimum absolute atomic E-state index is 0.490. The standard InChI is InChI=1S/C13H10BrN3OS/c1-7-2-3-8(15)6-9(7)13-16-12(17-18-13)10-4-5-11(14)19-10/h2-6H,15H2,1H3. The first-order valence-corrected chi connectivity index (χ1v) is 7.20. The summed E-state index contributed by atoms with van der Waals surface area (Å²) in [5, 5.41) is 4.01. The number of anilines is 1. The summed E-state index contributed by atoms with van der Waals surface area (Å²) in [7, 11) is 0. The maximum absolute atomic E-state index is 5.79. The smallest absolute Gasteiger partial charge is 0.258 e. The first-order chi connectivity index (χ1) is 9.13. The fourth-order valence-corrected chi connectivity index (χ4v) is 3.05. The average Bonchev–Trinajstić information content (AvgIpc) is 3.00. The third kappa shape index (κ3) is 2.41. The largest absolute Gasteiger partial charge is 0.399 e. The number of nitrogen functional groups attached to an aromatic ring is 1. The Morgan fingerprint density at radius 2 is 2.11 bits per heavy atom. The molecule has 3 rings (SSSR count). The summed E-state index contributed by atoms with van der Waals surface area (Å²) in [4.78, 5) is 5.38. The molecule has 0 saturated heterocycles. The molecular weight excluding hydrogens is 326 g/mol. The SMILES string of the molecule is Cc1ccc(N)cc1-c1nc(-c2ccc(Br)s2)no1. The lowest BCUT2D eigenvalue weighted by Crippen LogP contribution is -1.89. The molecule has 0 bridgehead atoms. The van der Waals surface area contributed by atoms with Crippen molar-refractivity contribution < 1.29 is 4.52 Å². The van der Waals surface area contributed by atoms with Gasteiger partial charge < -0.3 is 10.3 Å². The van der Waals surface area contributed by atoms with E-state index < -0.39 is 0 Å². The summed E-state index contributed by atoms with van der Waals surface area (Å²) in [6, 6.07) is 9.55. The van der Waals surface area contributed by atoms with Crippen LogP contribution in [-0.2, 0) is 0 Å². The van der Waals surface area contributed by atoms with E-state index in [4.69, 9.17) is 10.3 Å². The van der Waals surface area contributed by atoms with Crippen LogP contribution in [0.15, 0.2) is 38.6 Å². The van der Waals surface area contributed by atoms with E-state index in [1.165, 1.54) is 0 Å². The number of thiophene rings is 1. The van der Waals surface area contributed by atoms with E-state index in [2.05, 4.69) is 26.1 Å². The molecule has 19 heavy (non-hydrogen) atoms. The van der Waals surface area contributed by atoms with Crippen molar-refractivity contribution in [2.45, 2.75) is 6.92 Å². The normalized spacial score (nSPS) is 10.8. The van der Waals surface area contributed by atoms with Gasteiger partial charge in [0.1, 0.15) is 0 Å². The van der Waals surface area contributed by atoms with Gasteiger partial charge in [0, 0.05) is 11.3 Å². The third-order valence-electron chi connectivity index (χ3n) is 2.71. The number of hydrogen-bond donors (Lipinski definition) is 1. The summed E-state index contributed by atoms with van der Waals surface area (Å²) in [5.41, 5.74) is 8.39. The van der Waals surface area contributed by atoms with Gasteiger partial charge in [-0.25, -0.2) is 0 Å². The second-order valence-corrected chi connectivity index (χ2v) is 6.56. The van der Waals surface area contributed by atoms with Crippen LogP contribution in [-0.4, -0.2) is 10.1 Å². The van der Waals surface area contributed by atoms with Crippen molar-refractivity contribution in [2.24, 2.45) is 0 Å². The Morgan fingerprint density at radius 3 is 2.84 bits per heavy atom. The highest BCUT2D eigenvalue weighted by Crippen LogP contribution is 2.31. The van der Waals surface area contributed by atoms with Crippen LogP contribution in [0, 0.1) is 6.92 Å². The van der Waals surface area contributed by atoms with Crippen molar-refractivity contribution in [1.82, 2.24) is 10.1 Å². The molecule has 2 heterocycles. The monoisotopic (exact) mass is 335 g/mol. The van der Waals surface area contributed by atoms with E-state index in [0.717, 1.165) is 19.8 Å². The Balaban J connectivity index is 2.03. The van der Waals surface area contributed by atoms with Gasteiger partial charge in [-0.2, -0.15) is 4.98 Å². The number of benzene rings is 1. The van der Waals surface area contributed by atoms with Crippen LogP contribution in [0.2, 0.25) is 0 Å². The maximum Gasteiger partial charge on any atom is 0.258 e. The number of rotatable bonds is 2. The average molecular weight is 336 g/mol. The van der Waals surface area contributed by atoms with Gasteiger partial charge in [-0.1, -0.05) is 11.2 Å². The van der Waals surface area contributed by atoms with Gasteiger partial charge in [0.25, 0.3) is 5.89 Å². The van der Waals surface area contributed by atoms with Gasteiger partial charge in [0.2, 0.25) is 5.82 Å². The molecule has 0 fully saturated rings. The minimum Gasteiger partial charge on any atom is -0.399 e. The molecular formula is C13H10BrN3OS. The zero-order valence-corrected chi connectivity index (χ0v) is 12.5. The Morgan fingerprint density at radius 1 is 1.26 bits per heavy atom. The zero-order chi connectivity index (χ0) is 13.4. The molecule has 0 amide bonds. The molecule has 6 heteroatoms. The van der Waals surface area contributed by atoms with E-state index in [1.54, 1.807) is 11.3 Å². The molecule has 0 unspecified atom stereocenters. The first-order valence-electron chi connectivity index (χ1n) is 5.59. The van der Waals surface area contributed by atoms with Gasteiger partial charge in [0.15, 0.2) is 0 Å². The topological polar surface area (TPSA) is 64.9 Å². The molecule has 0 atom stereocenters. The first kappa shape index (κ1) is 12.4. The van der Waals surface area contributed by atoms with Crippen molar-refractivity contribution in [2.75, 3.05) is 5.73 Å². The highest BCUT2D eigenvalue weighted by atomic mass is 79.9. The maximum atomic E-state index is 5.79. The van der Waals surface area contributed by atoms with Gasteiger partial charge >= 0.3 is 0 Å². The highest BCUT2D eigenvalue weighted by molar-refractivity contribution is 9.11. The number of aryl methyl sites for hydroxylation is 1. The molecule has 0 spiro atoms. The molecule has 2 N–H and O–H groups in total. The van der Waals surface area contributed by atoms with Crippen LogP contribution in [0.3, 0.4) is 0 Å². The quantitative estimate of drug-likeness (QED) is 0.715. The van der Waals surface area contributed by atoms with E-state index in [1.807, 2.05) is 37.3 Å². The molecule has 96 valence electrons. The Hall–Kier alpha value is -1.66. The van der Waals surface area contributed by atoms with Crippen LogP contribution < -0.4 is 5.73 Å². The molecule has 3 aromatic rings. The van der Waals surface area contributed by atoms with Crippen molar-refractivity contribution >= 4 is 33.0 Å². The number of halogens is 1. The predicted molar refractivity (Wildman–Crippen MR) is 79.9 cm³/mol. The Bertz CT molecular complexity index is 735. The molecule has 0 saturated carbocycles. The van der Waals surface area contributed by atoms with Crippen molar-refractivity contribution in [1.29, 1.82) is 0 Å². The highest BCUT2D eigenvalue weighted by Gasteiger charge is 2.14. The lowest BCUT2D eigenvalue weighted by Gasteiger charge is -2.01. The number of aromatic nitrogens is 2. The van der Waals surface area contributed by atoms with E-state index in [-0.39, 0.29) is 0 Å². The molecule has 1 aromatic carbocycles. The van der Waals surface area contributed by atoms with E-state index in [0.29, 0.717) is 17.4 Å². The van der Waals surface area contributed by atoms with E-state index >= 15 is 0 Å². The van der Waals surface area contributed by atoms with Crippen molar-refractivity contribution in [3.8, 4) is 22.2 Å². The lowest BCUT2D eigenvalue weighted by atomic mass is 10.1. The summed E-state index contributed by atoms with van der Waals surface area (Å²) in [6.45, 7) is 1.99. The second-order valence-electron chi connectivity index (χ2n) is 4.10.